The maximum atomic E-state index is 12.7. The molecule has 2 heterocycles. The van der Waals surface area contributed by atoms with Gasteiger partial charge in [-0.3, -0.25) is 9.78 Å². The summed E-state index contributed by atoms with van der Waals surface area (Å²) in [5, 5.41) is 13.6. The smallest absolute Gasteiger partial charge is 0.475 e. The van der Waals surface area contributed by atoms with E-state index < -0.39 is 23.9 Å². The maximum Gasteiger partial charge on any atom is 0.490 e. The van der Waals surface area contributed by atoms with Gasteiger partial charge in [-0.15, -0.1) is 0 Å². The molecule has 3 N–H and O–H groups in total. The van der Waals surface area contributed by atoms with Crippen molar-refractivity contribution >= 4 is 28.5 Å². The molecule has 1 aromatic heterocycles. The SMILES string of the molecule is O=C(C[C@H]1CCCN1)Nc1ccnc2cc(C(F)(F)F)ccc12.O=C(O)C(F)(F)F. The average molecular weight is 437 g/mol. The molecule has 0 radical (unpaired) electrons. The van der Waals surface area contributed by atoms with E-state index in [1.54, 1.807) is 6.07 Å². The summed E-state index contributed by atoms with van der Waals surface area (Å²) in [6, 6.07) is 5.09. The van der Waals surface area contributed by atoms with Gasteiger partial charge in [-0.25, -0.2) is 4.79 Å². The zero-order chi connectivity index (χ0) is 22.5. The number of benzene rings is 1. The van der Waals surface area contributed by atoms with Gasteiger partial charge in [0.25, 0.3) is 0 Å². The fraction of sp³-hybridized carbons (Fsp3) is 0.389. The number of amides is 1. The Morgan fingerprint density at radius 3 is 2.37 bits per heavy atom. The number of anilines is 1. The Hall–Kier alpha value is -2.89. The molecule has 0 bridgehead atoms. The Bertz CT molecular complexity index is 908. The van der Waals surface area contributed by atoms with Gasteiger partial charge in [0.2, 0.25) is 5.91 Å². The van der Waals surface area contributed by atoms with E-state index in [1.165, 1.54) is 12.3 Å². The molecular weight excluding hydrogens is 420 g/mol. The first-order valence-corrected chi connectivity index (χ1v) is 8.67. The lowest BCUT2D eigenvalue weighted by atomic mass is 10.1. The number of nitrogens with one attached hydrogen (secondary N) is 2. The van der Waals surface area contributed by atoms with E-state index in [0.29, 0.717) is 17.5 Å². The van der Waals surface area contributed by atoms with Gasteiger partial charge >= 0.3 is 18.3 Å². The third-order valence-corrected chi connectivity index (χ3v) is 4.18. The van der Waals surface area contributed by atoms with Crippen LogP contribution in [0, 0.1) is 0 Å². The van der Waals surface area contributed by atoms with Gasteiger partial charge in [0, 0.05) is 24.0 Å². The lowest BCUT2D eigenvalue weighted by molar-refractivity contribution is -0.192. The van der Waals surface area contributed by atoms with Crippen LogP contribution in [-0.4, -0.2) is 40.7 Å². The highest BCUT2D eigenvalue weighted by atomic mass is 19.4. The van der Waals surface area contributed by atoms with E-state index in [-0.39, 0.29) is 17.5 Å². The van der Waals surface area contributed by atoms with E-state index in [0.717, 1.165) is 31.5 Å². The number of alkyl halides is 6. The lowest BCUT2D eigenvalue weighted by Crippen LogP contribution is -2.27. The van der Waals surface area contributed by atoms with Crippen molar-refractivity contribution in [1.82, 2.24) is 10.3 Å². The molecule has 1 atom stereocenters. The van der Waals surface area contributed by atoms with Crippen molar-refractivity contribution in [1.29, 1.82) is 0 Å². The van der Waals surface area contributed by atoms with Crippen LogP contribution in [0.15, 0.2) is 30.5 Å². The zero-order valence-corrected chi connectivity index (χ0v) is 15.3. The molecule has 1 aliphatic heterocycles. The minimum absolute atomic E-state index is 0.156. The quantitative estimate of drug-likeness (QED) is 0.633. The minimum atomic E-state index is -5.08. The summed E-state index contributed by atoms with van der Waals surface area (Å²) in [4.78, 5) is 24.9. The summed E-state index contributed by atoms with van der Waals surface area (Å²) >= 11 is 0. The number of carbonyl (C=O) groups is 2. The van der Waals surface area contributed by atoms with Crippen molar-refractivity contribution in [3.8, 4) is 0 Å². The largest absolute Gasteiger partial charge is 0.490 e. The second kappa shape index (κ2) is 9.28. The number of halogens is 6. The van der Waals surface area contributed by atoms with E-state index in [9.17, 15) is 31.1 Å². The molecule has 164 valence electrons. The first-order valence-electron chi connectivity index (χ1n) is 8.67. The summed E-state index contributed by atoms with van der Waals surface area (Å²) < 4.78 is 70.0. The van der Waals surface area contributed by atoms with Crippen LogP contribution in [-0.2, 0) is 15.8 Å². The molecule has 1 amide bonds. The number of carbonyl (C=O) groups excluding carboxylic acids is 1. The van der Waals surface area contributed by atoms with Gasteiger partial charge in [-0.2, -0.15) is 26.3 Å². The second-order valence-electron chi connectivity index (χ2n) is 6.44. The fourth-order valence-corrected chi connectivity index (χ4v) is 2.79. The first-order chi connectivity index (χ1) is 13.9. The molecular formula is C18H17F6N3O3. The molecule has 0 unspecified atom stereocenters. The standard InChI is InChI=1S/C16H16F3N3O.C2HF3O2/c17-16(18,19)10-3-4-12-13(5-7-21-14(12)8-10)22-15(23)9-11-2-1-6-20-11;3-2(4,5)1(6)7/h3-5,7-8,11,20H,1-2,6,9H2,(H,21,22,23);(H,6,7)/t11-;/m1./s1. The van der Waals surface area contributed by atoms with Crippen molar-refractivity contribution in [3.63, 3.8) is 0 Å². The monoisotopic (exact) mass is 437 g/mol. The number of carboxylic acid groups (broad SMARTS) is 1. The van der Waals surface area contributed by atoms with E-state index >= 15 is 0 Å². The zero-order valence-electron chi connectivity index (χ0n) is 15.3. The Kier molecular flexibility index (Phi) is 7.24. The Labute approximate surface area is 166 Å². The summed E-state index contributed by atoms with van der Waals surface area (Å²) in [6.45, 7) is 0.913. The third-order valence-electron chi connectivity index (χ3n) is 4.18. The number of hydrogen-bond donors (Lipinski definition) is 3. The maximum absolute atomic E-state index is 12.7. The van der Waals surface area contributed by atoms with E-state index in [1.807, 2.05) is 0 Å². The summed E-state index contributed by atoms with van der Waals surface area (Å²) in [6.07, 6.45) is -5.74. The van der Waals surface area contributed by atoms with Crippen molar-refractivity contribution in [2.75, 3.05) is 11.9 Å². The van der Waals surface area contributed by atoms with Crippen LogP contribution in [0.1, 0.15) is 24.8 Å². The highest BCUT2D eigenvalue weighted by Gasteiger charge is 2.38. The molecule has 1 fully saturated rings. The molecule has 1 aromatic carbocycles. The van der Waals surface area contributed by atoms with Gasteiger partial charge in [0.15, 0.2) is 0 Å². The predicted molar refractivity (Wildman–Crippen MR) is 94.7 cm³/mol. The molecule has 12 heteroatoms. The van der Waals surface area contributed by atoms with Gasteiger partial charge in [-0.1, -0.05) is 6.07 Å². The van der Waals surface area contributed by atoms with Crippen LogP contribution in [0.25, 0.3) is 10.9 Å². The van der Waals surface area contributed by atoms with Gasteiger partial charge in [0.1, 0.15) is 0 Å². The number of carboxylic acids is 1. The second-order valence-corrected chi connectivity index (χ2v) is 6.44. The predicted octanol–water partition coefficient (Wildman–Crippen LogP) is 3.97. The molecule has 2 aromatic rings. The van der Waals surface area contributed by atoms with Crippen molar-refractivity contribution in [3.05, 3.63) is 36.0 Å². The van der Waals surface area contributed by atoms with E-state index in [4.69, 9.17) is 9.90 Å². The molecule has 30 heavy (non-hydrogen) atoms. The first kappa shape index (κ1) is 23.4. The third kappa shape index (κ3) is 6.58. The number of rotatable bonds is 3. The van der Waals surface area contributed by atoms with Crippen LogP contribution in [0.5, 0.6) is 0 Å². The molecule has 3 rings (SSSR count). The Morgan fingerprint density at radius 1 is 1.17 bits per heavy atom. The number of pyridine rings is 1. The number of aliphatic carboxylic acids is 1. The fourth-order valence-electron chi connectivity index (χ4n) is 2.79. The molecule has 6 nitrogen and oxygen atoms in total. The average Bonchev–Trinajstić information content (AvgIpc) is 3.13. The van der Waals surface area contributed by atoms with Gasteiger partial charge in [-0.05, 0) is 37.6 Å². The topological polar surface area (TPSA) is 91.3 Å². The summed E-state index contributed by atoms with van der Waals surface area (Å²) in [5.41, 5.74) is -0.0699. The number of nitrogens with zero attached hydrogens (tertiary/aromatic N) is 1. The Morgan fingerprint density at radius 2 is 1.83 bits per heavy atom. The molecule has 0 aliphatic carbocycles. The van der Waals surface area contributed by atoms with Crippen LogP contribution in [0.2, 0.25) is 0 Å². The molecule has 1 saturated heterocycles. The van der Waals surface area contributed by atoms with Crippen LogP contribution in [0.4, 0.5) is 32.0 Å². The normalized spacial score (nSPS) is 16.7. The molecule has 0 saturated carbocycles. The van der Waals surface area contributed by atoms with Crippen LogP contribution in [0.3, 0.4) is 0 Å². The highest BCUT2D eigenvalue weighted by Crippen LogP contribution is 2.32. The van der Waals surface area contributed by atoms with Crippen molar-refractivity contribution in [2.24, 2.45) is 0 Å². The summed E-state index contributed by atoms with van der Waals surface area (Å²) in [5.74, 6) is -2.91. The van der Waals surface area contributed by atoms with Crippen molar-refractivity contribution in [2.45, 2.75) is 37.7 Å². The van der Waals surface area contributed by atoms with Crippen LogP contribution >= 0.6 is 0 Å². The molecule has 0 spiro atoms. The highest BCUT2D eigenvalue weighted by molar-refractivity contribution is 6.01. The Balaban J connectivity index is 0.000000396. The van der Waals surface area contributed by atoms with E-state index in [2.05, 4.69) is 15.6 Å². The lowest BCUT2D eigenvalue weighted by Gasteiger charge is -2.13. The minimum Gasteiger partial charge on any atom is -0.475 e. The van der Waals surface area contributed by atoms with Gasteiger partial charge in [0.05, 0.1) is 16.8 Å². The van der Waals surface area contributed by atoms with Crippen molar-refractivity contribution < 1.29 is 41.0 Å². The number of fused-ring (bicyclic) bond motifs is 1. The van der Waals surface area contributed by atoms with Gasteiger partial charge < -0.3 is 15.7 Å². The molecule has 1 aliphatic rings. The number of hydrogen-bond acceptors (Lipinski definition) is 4. The summed E-state index contributed by atoms with van der Waals surface area (Å²) in [7, 11) is 0. The number of aromatic nitrogens is 1. The van der Waals surface area contributed by atoms with Crippen LogP contribution < -0.4 is 10.6 Å².